The zero-order chi connectivity index (χ0) is 13.9. The Labute approximate surface area is 121 Å². The Hall–Kier alpha value is -2.19. The first kappa shape index (κ1) is 15.9. The number of nitro benzene ring substituents is 1. The zero-order valence-electron chi connectivity index (χ0n) is 9.96. The molecule has 1 N–H and O–H groups in total. The maximum atomic E-state index is 12.0. The second-order valence-electron chi connectivity index (χ2n) is 3.60. The first-order valence-corrected chi connectivity index (χ1v) is 6.65. The number of sulfonamides is 1. The summed E-state index contributed by atoms with van der Waals surface area (Å²) >= 11 is 0. The van der Waals surface area contributed by atoms with E-state index in [1.165, 1.54) is 42.7 Å². The molecule has 106 valence electrons. The van der Waals surface area contributed by atoms with E-state index in [2.05, 4.69) is 9.71 Å². The van der Waals surface area contributed by atoms with Crippen LogP contribution in [0.15, 0.2) is 53.7 Å². The van der Waals surface area contributed by atoms with Crippen molar-refractivity contribution in [2.24, 2.45) is 0 Å². The van der Waals surface area contributed by atoms with Gasteiger partial charge in [0, 0.05) is 24.5 Å². The maximum absolute atomic E-state index is 12.0. The molecule has 1 aromatic heterocycles. The van der Waals surface area contributed by atoms with Gasteiger partial charge in [-0.3, -0.25) is 19.8 Å². The predicted octanol–water partition coefficient (Wildman–Crippen LogP) is 2.21. The van der Waals surface area contributed by atoms with E-state index in [0.29, 0.717) is 5.69 Å². The lowest BCUT2D eigenvalue weighted by Gasteiger charge is -2.07. The average Bonchev–Trinajstić information content (AvgIpc) is 2.39. The minimum Gasteiger partial charge on any atom is -0.280 e. The van der Waals surface area contributed by atoms with Gasteiger partial charge in [0.2, 0.25) is 0 Å². The second-order valence-corrected chi connectivity index (χ2v) is 5.28. The highest BCUT2D eigenvalue weighted by Gasteiger charge is 2.17. The number of nitrogens with zero attached hydrogens (tertiary/aromatic N) is 2. The summed E-state index contributed by atoms with van der Waals surface area (Å²) in [6, 6.07) is 7.80. The van der Waals surface area contributed by atoms with Crippen LogP contribution in [-0.2, 0) is 10.0 Å². The highest BCUT2D eigenvalue weighted by atomic mass is 35.5. The summed E-state index contributed by atoms with van der Waals surface area (Å²) in [5.41, 5.74) is 0.0547. The van der Waals surface area contributed by atoms with Crippen molar-refractivity contribution in [2.45, 2.75) is 4.90 Å². The highest BCUT2D eigenvalue weighted by molar-refractivity contribution is 7.92. The third-order valence-corrected chi connectivity index (χ3v) is 3.65. The van der Waals surface area contributed by atoms with Crippen molar-refractivity contribution in [2.75, 3.05) is 4.72 Å². The monoisotopic (exact) mass is 315 g/mol. The van der Waals surface area contributed by atoms with Gasteiger partial charge in [0.1, 0.15) is 0 Å². The quantitative estimate of drug-likeness (QED) is 0.688. The number of pyridine rings is 1. The van der Waals surface area contributed by atoms with Crippen molar-refractivity contribution in [1.82, 2.24) is 4.98 Å². The van der Waals surface area contributed by atoms with Crippen LogP contribution >= 0.6 is 12.4 Å². The molecule has 2 aromatic rings. The largest absolute Gasteiger partial charge is 0.280 e. The van der Waals surface area contributed by atoms with Crippen LogP contribution in [0, 0.1) is 10.1 Å². The molecule has 9 heteroatoms. The molecule has 2 rings (SSSR count). The molecule has 0 radical (unpaired) electrons. The average molecular weight is 316 g/mol. The molecule has 0 atom stereocenters. The summed E-state index contributed by atoms with van der Waals surface area (Å²) in [4.78, 5) is 13.6. The molecule has 7 nitrogen and oxygen atoms in total. The molecule has 1 aromatic carbocycles. The van der Waals surface area contributed by atoms with Crippen LogP contribution in [0.2, 0.25) is 0 Å². The van der Waals surface area contributed by atoms with Gasteiger partial charge in [0.15, 0.2) is 0 Å². The topological polar surface area (TPSA) is 102 Å². The second kappa shape index (κ2) is 6.31. The Kier molecular flexibility index (Phi) is 5.00. The first-order valence-electron chi connectivity index (χ1n) is 5.16. The molecule has 0 saturated carbocycles. The van der Waals surface area contributed by atoms with Gasteiger partial charge in [-0.1, -0.05) is 6.07 Å². The molecule has 1 heterocycles. The van der Waals surface area contributed by atoms with Gasteiger partial charge < -0.3 is 0 Å². The number of rotatable bonds is 4. The van der Waals surface area contributed by atoms with Crippen molar-refractivity contribution in [1.29, 1.82) is 0 Å². The molecular weight excluding hydrogens is 306 g/mol. The summed E-state index contributed by atoms with van der Waals surface area (Å²) in [7, 11) is -3.85. The predicted molar refractivity (Wildman–Crippen MR) is 75.4 cm³/mol. The van der Waals surface area contributed by atoms with E-state index < -0.39 is 14.9 Å². The number of nitro groups is 1. The number of anilines is 1. The van der Waals surface area contributed by atoms with Gasteiger partial charge in [-0.05, 0) is 18.2 Å². The van der Waals surface area contributed by atoms with Crippen molar-refractivity contribution >= 4 is 33.8 Å². The Balaban J connectivity index is 0.00000200. The lowest BCUT2D eigenvalue weighted by molar-refractivity contribution is -0.385. The summed E-state index contributed by atoms with van der Waals surface area (Å²) in [6.07, 6.45) is 2.87. The molecule has 0 saturated heterocycles. The molecular formula is C11H10ClN3O4S. The lowest BCUT2D eigenvalue weighted by atomic mass is 10.3. The molecule has 0 bridgehead atoms. The van der Waals surface area contributed by atoms with Crippen LogP contribution in [0.5, 0.6) is 0 Å². The number of halogens is 1. The van der Waals surface area contributed by atoms with E-state index in [1.807, 2.05) is 0 Å². The number of nitrogens with one attached hydrogen (secondary N) is 1. The summed E-state index contributed by atoms with van der Waals surface area (Å²) in [5, 5.41) is 10.6. The molecule has 0 unspecified atom stereocenters. The first-order chi connectivity index (χ1) is 8.99. The van der Waals surface area contributed by atoms with E-state index in [-0.39, 0.29) is 23.0 Å². The van der Waals surface area contributed by atoms with Crippen LogP contribution in [0.1, 0.15) is 0 Å². The lowest BCUT2D eigenvalue weighted by Crippen LogP contribution is -2.13. The van der Waals surface area contributed by atoms with Crippen molar-refractivity contribution in [3.8, 4) is 0 Å². The Bertz CT molecular complexity index is 707. The number of hydrogen-bond acceptors (Lipinski definition) is 5. The van der Waals surface area contributed by atoms with E-state index in [0.717, 1.165) is 6.07 Å². The summed E-state index contributed by atoms with van der Waals surface area (Å²) < 4.78 is 26.4. The molecule has 20 heavy (non-hydrogen) atoms. The normalized spacial score (nSPS) is 10.4. The van der Waals surface area contributed by atoms with Crippen LogP contribution in [-0.4, -0.2) is 18.3 Å². The SMILES string of the molecule is Cl.O=[N+]([O-])c1cccc(S(=O)(=O)Nc2ccncc2)c1. The number of non-ortho nitro benzene ring substituents is 1. The molecule has 0 aliphatic heterocycles. The minimum atomic E-state index is -3.85. The van der Waals surface area contributed by atoms with Gasteiger partial charge in [-0.2, -0.15) is 0 Å². The van der Waals surface area contributed by atoms with Crippen molar-refractivity contribution in [3.05, 3.63) is 58.9 Å². The third-order valence-electron chi connectivity index (χ3n) is 2.27. The van der Waals surface area contributed by atoms with Gasteiger partial charge in [0.25, 0.3) is 15.7 Å². The third kappa shape index (κ3) is 3.65. The molecule has 0 aliphatic rings. The zero-order valence-corrected chi connectivity index (χ0v) is 11.6. The van der Waals surface area contributed by atoms with Crippen molar-refractivity contribution in [3.63, 3.8) is 0 Å². The van der Waals surface area contributed by atoms with Crippen LogP contribution in [0.25, 0.3) is 0 Å². The number of benzene rings is 1. The Morgan fingerprint density at radius 1 is 1.15 bits per heavy atom. The Morgan fingerprint density at radius 2 is 1.80 bits per heavy atom. The van der Waals surface area contributed by atoms with E-state index in [9.17, 15) is 18.5 Å². The Morgan fingerprint density at radius 3 is 2.40 bits per heavy atom. The summed E-state index contributed by atoms with van der Waals surface area (Å²) in [5.74, 6) is 0. The molecule has 0 spiro atoms. The van der Waals surface area contributed by atoms with E-state index >= 15 is 0 Å². The van der Waals surface area contributed by atoms with E-state index in [1.54, 1.807) is 0 Å². The van der Waals surface area contributed by atoms with Crippen LogP contribution in [0.3, 0.4) is 0 Å². The molecule has 0 aliphatic carbocycles. The highest BCUT2D eigenvalue weighted by Crippen LogP contribution is 2.19. The minimum absolute atomic E-state index is 0. The molecule has 0 amide bonds. The molecule has 0 fully saturated rings. The fourth-order valence-electron chi connectivity index (χ4n) is 1.40. The van der Waals surface area contributed by atoms with Gasteiger partial charge in [0.05, 0.1) is 15.5 Å². The van der Waals surface area contributed by atoms with E-state index in [4.69, 9.17) is 0 Å². The smallest absolute Gasteiger partial charge is 0.270 e. The number of aromatic nitrogens is 1. The number of hydrogen-bond donors (Lipinski definition) is 1. The summed E-state index contributed by atoms with van der Waals surface area (Å²) in [6.45, 7) is 0. The van der Waals surface area contributed by atoms with Gasteiger partial charge in [-0.15, -0.1) is 12.4 Å². The van der Waals surface area contributed by atoms with Crippen LogP contribution in [0.4, 0.5) is 11.4 Å². The van der Waals surface area contributed by atoms with Crippen LogP contribution < -0.4 is 4.72 Å². The fraction of sp³-hybridized carbons (Fsp3) is 0. The maximum Gasteiger partial charge on any atom is 0.270 e. The van der Waals surface area contributed by atoms with Crippen molar-refractivity contribution < 1.29 is 13.3 Å². The van der Waals surface area contributed by atoms with Gasteiger partial charge >= 0.3 is 0 Å². The fourth-order valence-corrected chi connectivity index (χ4v) is 2.50. The standard InChI is InChI=1S/C11H9N3O4S.ClH/c15-14(16)10-2-1-3-11(8-10)19(17,18)13-9-4-6-12-7-5-9;/h1-8H,(H,12,13);1H. The van der Waals surface area contributed by atoms with Gasteiger partial charge in [-0.25, -0.2) is 8.42 Å².